The molecule has 1 saturated heterocycles. The van der Waals surface area contributed by atoms with Crippen LogP contribution in [0.5, 0.6) is 0 Å². The third-order valence-electron chi connectivity index (χ3n) is 4.73. The summed E-state index contributed by atoms with van der Waals surface area (Å²) in [4.78, 5) is 39.1. The SMILES string of the molecule is CCOC(=O)C(=O)N1CCN(c2nnc(SCC(=O)NC3CCCC3)s2)CC1. The molecule has 0 bridgehead atoms. The second kappa shape index (κ2) is 10.1. The molecule has 0 aromatic carbocycles. The molecule has 2 fully saturated rings. The summed E-state index contributed by atoms with van der Waals surface area (Å²) < 4.78 is 5.51. The molecule has 1 aromatic rings. The van der Waals surface area contributed by atoms with E-state index >= 15 is 0 Å². The molecule has 0 spiro atoms. The summed E-state index contributed by atoms with van der Waals surface area (Å²) in [7, 11) is 0. The van der Waals surface area contributed by atoms with Gasteiger partial charge >= 0.3 is 11.9 Å². The number of rotatable bonds is 6. The molecule has 1 N–H and O–H groups in total. The van der Waals surface area contributed by atoms with Crippen LogP contribution in [0.3, 0.4) is 0 Å². The molecular weight excluding hydrogens is 402 g/mol. The van der Waals surface area contributed by atoms with Crippen molar-refractivity contribution in [1.29, 1.82) is 0 Å². The van der Waals surface area contributed by atoms with Crippen LogP contribution >= 0.6 is 23.1 Å². The normalized spacial score (nSPS) is 17.6. The average Bonchev–Trinajstić information content (AvgIpc) is 3.38. The van der Waals surface area contributed by atoms with Crippen molar-refractivity contribution in [2.45, 2.75) is 43.0 Å². The smallest absolute Gasteiger partial charge is 0.397 e. The fourth-order valence-electron chi connectivity index (χ4n) is 3.28. The minimum Gasteiger partial charge on any atom is -0.459 e. The summed E-state index contributed by atoms with van der Waals surface area (Å²) in [5.74, 6) is -1.02. The number of hydrogen-bond donors (Lipinski definition) is 1. The van der Waals surface area contributed by atoms with E-state index in [1.807, 2.05) is 4.90 Å². The van der Waals surface area contributed by atoms with Crippen molar-refractivity contribution in [3.63, 3.8) is 0 Å². The topological polar surface area (TPSA) is 105 Å². The Labute approximate surface area is 172 Å². The van der Waals surface area contributed by atoms with Gasteiger partial charge in [0, 0.05) is 32.2 Å². The molecule has 9 nitrogen and oxygen atoms in total. The molecule has 11 heteroatoms. The molecule has 1 aromatic heterocycles. The zero-order valence-electron chi connectivity index (χ0n) is 15.9. The Morgan fingerprint density at radius 1 is 1.18 bits per heavy atom. The monoisotopic (exact) mass is 427 g/mol. The number of thioether (sulfide) groups is 1. The lowest BCUT2D eigenvalue weighted by Gasteiger charge is -2.33. The van der Waals surface area contributed by atoms with Crippen LogP contribution in [0.1, 0.15) is 32.6 Å². The van der Waals surface area contributed by atoms with Crippen molar-refractivity contribution >= 4 is 46.0 Å². The predicted octanol–water partition coefficient (Wildman–Crippen LogP) is 0.901. The number of nitrogens with one attached hydrogen (secondary N) is 1. The van der Waals surface area contributed by atoms with Crippen LogP contribution < -0.4 is 10.2 Å². The highest BCUT2D eigenvalue weighted by Gasteiger charge is 2.28. The maximum atomic E-state index is 12.0. The maximum Gasteiger partial charge on any atom is 0.397 e. The van der Waals surface area contributed by atoms with Crippen molar-refractivity contribution in [1.82, 2.24) is 20.4 Å². The van der Waals surface area contributed by atoms with Crippen LogP contribution in [-0.4, -0.2) is 77.5 Å². The molecule has 2 aliphatic rings. The Morgan fingerprint density at radius 3 is 2.57 bits per heavy atom. The van der Waals surface area contributed by atoms with Crippen LogP contribution in [0.25, 0.3) is 0 Å². The average molecular weight is 428 g/mol. The molecule has 154 valence electrons. The highest BCUT2D eigenvalue weighted by Crippen LogP contribution is 2.28. The predicted molar refractivity (Wildman–Crippen MR) is 106 cm³/mol. The van der Waals surface area contributed by atoms with E-state index in [-0.39, 0.29) is 12.5 Å². The molecule has 3 rings (SSSR count). The number of anilines is 1. The second-order valence-corrected chi connectivity index (χ2v) is 8.87. The zero-order valence-corrected chi connectivity index (χ0v) is 17.5. The van der Waals surface area contributed by atoms with Gasteiger partial charge in [0.2, 0.25) is 11.0 Å². The van der Waals surface area contributed by atoms with Crippen molar-refractivity contribution in [2.75, 3.05) is 43.4 Å². The molecule has 28 heavy (non-hydrogen) atoms. The third kappa shape index (κ3) is 5.57. The first kappa shape index (κ1) is 20.8. The summed E-state index contributed by atoms with van der Waals surface area (Å²) in [6, 6.07) is 0.326. The standard InChI is InChI=1S/C17H25N5O4S2/c1-2-26-15(25)14(24)21-7-9-22(10-8-21)16-19-20-17(28-16)27-11-13(23)18-12-5-3-4-6-12/h12H,2-11H2,1H3,(H,18,23). The fraction of sp³-hybridized carbons (Fsp3) is 0.706. The van der Waals surface area contributed by atoms with Crippen LogP contribution in [0.15, 0.2) is 4.34 Å². The Morgan fingerprint density at radius 2 is 1.89 bits per heavy atom. The zero-order chi connectivity index (χ0) is 19.9. The van der Waals surface area contributed by atoms with Gasteiger partial charge in [-0.3, -0.25) is 9.59 Å². The van der Waals surface area contributed by atoms with E-state index in [2.05, 4.69) is 15.5 Å². The van der Waals surface area contributed by atoms with Crippen LogP contribution in [0.2, 0.25) is 0 Å². The number of nitrogens with zero attached hydrogens (tertiary/aromatic N) is 4. The Bertz CT molecular complexity index is 699. The Balaban J connectivity index is 1.42. The number of ether oxygens (including phenoxy) is 1. The molecule has 2 amide bonds. The highest BCUT2D eigenvalue weighted by atomic mass is 32.2. The molecule has 1 aliphatic heterocycles. The van der Waals surface area contributed by atoms with Gasteiger partial charge in [-0.05, 0) is 19.8 Å². The fourth-order valence-corrected chi connectivity index (χ4v) is 4.98. The first-order valence-corrected chi connectivity index (χ1v) is 11.3. The molecular formula is C17H25N5O4S2. The van der Waals surface area contributed by atoms with Gasteiger partial charge in [0.15, 0.2) is 4.34 Å². The van der Waals surface area contributed by atoms with Gasteiger partial charge in [-0.15, -0.1) is 10.2 Å². The van der Waals surface area contributed by atoms with Crippen LogP contribution in [0.4, 0.5) is 5.13 Å². The lowest BCUT2D eigenvalue weighted by Crippen LogP contribution is -2.51. The van der Waals surface area contributed by atoms with Crippen molar-refractivity contribution in [3.8, 4) is 0 Å². The maximum absolute atomic E-state index is 12.0. The van der Waals surface area contributed by atoms with Gasteiger partial charge in [0.25, 0.3) is 0 Å². The molecule has 0 radical (unpaired) electrons. The van der Waals surface area contributed by atoms with E-state index in [1.54, 1.807) is 6.92 Å². The van der Waals surface area contributed by atoms with Gasteiger partial charge in [0.05, 0.1) is 12.4 Å². The number of hydrogen-bond acceptors (Lipinski definition) is 9. The van der Waals surface area contributed by atoms with Crippen molar-refractivity contribution < 1.29 is 19.1 Å². The van der Waals surface area contributed by atoms with Gasteiger partial charge in [-0.1, -0.05) is 35.9 Å². The summed E-state index contributed by atoms with van der Waals surface area (Å²) in [5.41, 5.74) is 0. The van der Waals surface area contributed by atoms with E-state index in [9.17, 15) is 14.4 Å². The van der Waals surface area contributed by atoms with Crippen molar-refractivity contribution in [3.05, 3.63) is 0 Å². The minimum absolute atomic E-state index is 0.0414. The van der Waals surface area contributed by atoms with E-state index in [1.165, 1.54) is 40.8 Å². The number of esters is 1. The van der Waals surface area contributed by atoms with E-state index in [4.69, 9.17) is 4.74 Å². The Kier molecular flexibility index (Phi) is 7.49. The number of carbonyl (C=O) groups is 3. The molecule has 1 aliphatic carbocycles. The van der Waals surface area contributed by atoms with Crippen LogP contribution in [-0.2, 0) is 19.1 Å². The van der Waals surface area contributed by atoms with Gasteiger partial charge in [-0.25, -0.2) is 4.79 Å². The minimum atomic E-state index is -0.804. The number of carbonyl (C=O) groups excluding carboxylic acids is 3. The van der Waals surface area contributed by atoms with Crippen LogP contribution in [0, 0.1) is 0 Å². The summed E-state index contributed by atoms with van der Waals surface area (Å²) in [6.07, 6.45) is 4.53. The first-order valence-electron chi connectivity index (χ1n) is 9.53. The summed E-state index contributed by atoms with van der Waals surface area (Å²) in [5, 5.41) is 12.2. The number of piperazine rings is 1. The van der Waals surface area contributed by atoms with E-state index in [0.717, 1.165) is 22.3 Å². The second-order valence-electron chi connectivity index (χ2n) is 6.69. The number of aromatic nitrogens is 2. The summed E-state index contributed by atoms with van der Waals surface area (Å²) >= 11 is 2.83. The van der Waals surface area contributed by atoms with Gasteiger partial charge in [0.1, 0.15) is 0 Å². The Hall–Kier alpha value is -1.88. The van der Waals surface area contributed by atoms with Gasteiger partial charge in [-0.2, -0.15) is 0 Å². The number of amides is 2. The third-order valence-corrected chi connectivity index (χ3v) is 6.85. The van der Waals surface area contributed by atoms with Gasteiger partial charge < -0.3 is 19.9 Å². The molecule has 0 unspecified atom stereocenters. The van der Waals surface area contributed by atoms with E-state index < -0.39 is 11.9 Å². The largest absolute Gasteiger partial charge is 0.459 e. The van der Waals surface area contributed by atoms with Crippen molar-refractivity contribution in [2.24, 2.45) is 0 Å². The molecule has 0 atom stereocenters. The lowest BCUT2D eigenvalue weighted by molar-refractivity contribution is -0.160. The summed E-state index contributed by atoms with van der Waals surface area (Å²) in [6.45, 7) is 3.88. The lowest BCUT2D eigenvalue weighted by atomic mass is 10.2. The van der Waals surface area contributed by atoms with E-state index in [0.29, 0.717) is 38.0 Å². The first-order chi connectivity index (χ1) is 13.6. The molecule has 1 saturated carbocycles. The highest BCUT2D eigenvalue weighted by molar-refractivity contribution is 8.01. The molecule has 2 heterocycles. The quantitative estimate of drug-likeness (QED) is 0.406.